The van der Waals surface area contributed by atoms with Gasteiger partial charge in [0.15, 0.2) is 0 Å². The van der Waals surface area contributed by atoms with Crippen LogP contribution in [0.5, 0.6) is 0 Å². The first-order chi connectivity index (χ1) is 12.9. The SMILES string of the molecule is CN1CCN(c2ccc(CNC(=O)c3ccc(Cl)cc3[N+](=O)[O-])cn2)CC1. The molecule has 1 aromatic carbocycles. The number of carbonyl (C=O) groups excluding carboxylic acids is 1. The van der Waals surface area contributed by atoms with Crippen molar-refractivity contribution in [1.29, 1.82) is 0 Å². The van der Waals surface area contributed by atoms with E-state index in [1.54, 1.807) is 6.20 Å². The molecule has 0 spiro atoms. The summed E-state index contributed by atoms with van der Waals surface area (Å²) < 4.78 is 0. The summed E-state index contributed by atoms with van der Waals surface area (Å²) in [7, 11) is 2.10. The fourth-order valence-corrected chi connectivity index (χ4v) is 3.04. The third-order valence-corrected chi connectivity index (χ3v) is 4.73. The van der Waals surface area contributed by atoms with Crippen molar-refractivity contribution in [1.82, 2.24) is 15.2 Å². The predicted octanol–water partition coefficient (Wildman–Crippen LogP) is 2.33. The van der Waals surface area contributed by atoms with Crippen LogP contribution in [0.1, 0.15) is 15.9 Å². The van der Waals surface area contributed by atoms with E-state index < -0.39 is 10.8 Å². The summed E-state index contributed by atoms with van der Waals surface area (Å²) in [4.78, 5) is 31.8. The first kappa shape index (κ1) is 19.1. The molecule has 9 heteroatoms. The van der Waals surface area contributed by atoms with Crippen LogP contribution in [0.15, 0.2) is 36.5 Å². The van der Waals surface area contributed by atoms with Crippen molar-refractivity contribution in [3.05, 3.63) is 62.8 Å². The van der Waals surface area contributed by atoms with Gasteiger partial charge in [-0.25, -0.2) is 4.98 Å². The number of nitrogens with zero attached hydrogens (tertiary/aromatic N) is 4. The molecule has 0 radical (unpaired) electrons. The Morgan fingerprint density at radius 3 is 2.63 bits per heavy atom. The number of benzene rings is 1. The molecule has 3 rings (SSSR count). The number of nitrogens with one attached hydrogen (secondary N) is 1. The van der Waals surface area contributed by atoms with Gasteiger partial charge in [-0.15, -0.1) is 0 Å². The molecule has 0 bridgehead atoms. The molecule has 1 N–H and O–H groups in total. The lowest BCUT2D eigenvalue weighted by molar-refractivity contribution is -0.385. The van der Waals surface area contributed by atoms with E-state index >= 15 is 0 Å². The van der Waals surface area contributed by atoms with Gasteiger partial charge in [0.2, 0.25) is 0 Å². The molecule has 2 heterocycles. The maximum atomic E-state index is 12.3. The average molecular weight is 390 g/mol. The van der Waals surface area contributed by atoms with Crippen molar-refractivity contribution in [2.24, 2.45) is 0 Å². The van der Waals surface area contributed by atoms with Crippen molar-refractivity contribution in [2.45, 2.75) is 6.54 Å². The third-order valence-electron chi connectivity index (χ3n) is 4.49. The first-order valence-corrected chi connectivity index (χ1v) is 8.92. The number of hydrogen-bond donors (Lipinski definition) is 1. The van der Waals surface area contributed by atoms with Crippen LogP contribution in [0.3, 0.4) is 0 Å². The van der Waals surface area contributed by atoms with Gasteiger partial charge in [-0.3, -0.25) is 14.9 Å². The normalized spacial score (nSPS) is 14.8. The van der Waals surface area contributed by atoms with Crippen molar-refractivity contribution in [3.8, 4) is 0 Å². The van der Waals surface area contributed by atoms with Crippen LogP contribution in [0.25, 0.3) is 0 Å². The van der Waals surface area contributed by atoms with Gasteiger partial charge in [0.25, 0.3) is 11.6 Å². The number of piperazine rings is 1. The van der Waals surface area contributed by atoms with Crippen molar-refractivity contribution in [3.63, 3.8) is 0 Å². The number of rotatable bonds is 5. The summed E-state index contributed by atoms with van der Waals surface area (Å²) >= 11 is 5.77. The van der Waals surface area contributed by atoms with Gasteiger partial charge in [-0.1, -0.05) is 17.7 Å². The number of carbonyl (C=O) groups is 1. The largest absolute Gasteiger partial charge is 0.354 e. The Kier molecular flexibility index (Phi) is 5.88. The molecule has 0 aliphatic carbocycles. The lowest BCUT2D eigenvalue weighted by Crippen LogP contribution is -2.44. The van der Waals surface area contributed by atoms with Crippen LogP contribution in [-0.4, -0.2) is 53.9 Å². The van der Waals surface area contributed by atoms with Crippen LogP contribution >= 0.6 is 11.6 Å². The Bertz CT molecular complexity index is 835. The number of halogens is 1. The summed E-state index contributed by atoms with van der Waals surface area (Å²) in [5.41, 5.74) is 0.479. The minimum atomic E-state index is -0.618. The second-order valence-electron chi connectivity index (χ2n) is 6.42. The van der Waals surface area contributed by atoms with Gasteiger partial charge in [-0.05, 0) is 30.8 Å². The maximum Gasteiger partial charge on any atom is 0.283 e. The quantitative estimate of drug-likeness (QED) is 0.623. The van der Waals surface area contributed by atoms with E-state index in [2.05, 4.69) is 27.1 Å². The van der Waals surface area contributed by atoms with Crippen molar-refractivity contribution >= 4 is 29.0 Å². The Hall–Kier alpha value is -2.71. The highest BCUT2D eigenvalue weighted by Gasteiger charge is 2.20. The molecular formula is C18H20ClN5O3. The van der Waals surface area contributed by atoms with Crippen molar-refractivity contribution < 1.29 is 9.72 Å². The first-order valence-electron chi connectivity index (χ1n) is 8.54. The van der Waals surface area contributed by atoms with Crippen LogP contribution in [0.2, 0.25) is 5.02 Å². The number of nitro groups is 1. The number of aromatic nitrogens is 1. The minimum Gasteiger partial charge on any atom is -0.354 e. The molecule has 142 valence electrons. The Morgan fingerprint density at radius 2 is 2.00 bits per heavy atom. The molecule has 1 aliphatic rings. The number of anilines is 1. The molecule has 8 nitrogen and oxygen atoms in total. The van der Waals surface area contributed by atoms with E-state index in [0.29, 0.717) is 0 Å². The van der Waals surface area contributed by atoms with Gasteiger partial charge in [-0.2, -0.15) is 0 Å². The molecule has 1 saturated heterocycles. The third kappa shape index (κ3) is 4.72. The van der Waals surface area contributed by atoms with Crippen LogP contribution in [-0.2, 0) is 6.54 Å². The molecule has 1 fully saturated rings. The van der Waals surface area contributed by atoms with Crippen molar-refractivity contribution in [2.75, 3.05) is 38.1 Å². The smallest absolute Gasteiger partial charge is 0.283 e. The minimum absolute atomic E-state index is 0.0218. The molecule has 0 atom stereocenters. The molecule has 1 aromatic heterocycles. The summed E-state index contributed by atoms with van der Waals surface area (Å²) in [6.45, 7) is 4.09. The summed E-state index contributed by atoms with van der Waals surface area (Å²) in [6.07, 6.45) is 1.71. The van der Waals surface area contributed by atoms with E-state index in [-0.39, 0.29) is 22.8 Å². The average Bonchev–Trinajstić information content (AvgIpc) is 2.67. The highest BCUT2D eigenvalue weighted by atomic mass is 35.5. The van der Waals surface area contributed by atoms with Crippen LogP contribution < -0.4 is 10.2 Å². The predicted molar refractivity (Wildman–Crippen MR) is 103 cm³/mol. The second kappa shape index (κ2) is 8.32. The zero-order chi connectivity index (χ0) is 19.4. The molecular weight excluding hydrogens is 370 g/mol. The number of amides is 1. The Labute approximate surface area is 161 Å². The van der Waals surface area contributed by atoms with Gasteiger partial charge >= 0.3 is 0 Å². The van der Waals surface area contributed by atoms with E-state index in [0.717, 1.165) is 37.6 Å². The fraction of sp³-hybridized carbons (Fsp3) is 0.333. The van der Waals surface area contributed by atoms with E-state index in [1.165, 1.54) is 18.2 Å². The fourth-order valence-electron chi connectivity index (χ4n) is 2.87. The van der Waals surface area contributed by atoms with E-state index in [1.807, 2.05) is 12.1 Å². The topological polar surface area (TPSA) is 91.6 Å². The van der Waals surface area contributed by atoms with Crippen LogP contribution in [0, 0.1) is 10.1 Å². The Balaban J connectivity index is 1.62. The molecule has 0 saturated carbocycles. The lowest BCUT2D eigenvalue weighted by Gasteiger charge is -2.33. The highest BCUT2D eigenvalue weighted by molar-refractivity contribution is 6.31. The summed E-state index contributed by atoms with van der Waals surface area (Å²) in [5, 5.41) is 14.0. The van der Waals surface area contributed by atoms with Gasteiger partial charge in [0, 0.05) is 50.0 Å². The second-order valence-corrected chi connectivity index (χ2v) is 6.85. The van der Waals surface area contributed by atoms with Gasteiger partial charge in [0.1, 0.15) is 11.4 Å². The molecule has 2 aromatic rings. The van der Waals surface area contributed by atoms with Gasteiger partial charge in [0.05, 0.1) is 4.92 Å². The molecule has 1 amide bonds. The standard InChI is InChI=1S/C18H20ClN5O3/c1-22-6-8-23(9-7-22)17-5-2-13(11-20-17)12-21-18(25)15-4-3-14(19)10-16(15)24(26)27/h2-5,10-11H,6-9,12H2,1H3,(H,21,25). The zero-order valence-electron chi connectivity index (χ0n) is 14.9. The van der Waals surface area contributed by atoms with E-state index in [4.69, 9.17) is 11.6 Å². The number of pyridine rings is 1. The lowest BCUT2D eigenvalue weighted by atomic mass is 10.1. The number of hydrogen-bond acceptors (Lipinski definition) is 6. The highest BCUT2D eigenvalue weighted by Crippen LogP contribution is 2.23. The zero-order valence-corrected chi connectivity index (χ0v) is 15.6. The summed E-state index contributed by atoms with van der Waals surface area (Å²) in [6, 6.07) is 7.80. The summed E-state index contributed by atoms with van der Waals surface area (Å²) in [5.74, 6) is 0.382. The van der Waals surface area contributed by atoms with Gasteiger partial charge < -0.3 is 15.1 Å². The Morgan fingerprint density at radius 1 is 1.26 bits per heavy atom. The maximum absolute atomic E-state index is 12.3. The molecule has 27 heavy (non-hydrogen) atoms. The monoisotopic (exact) mass is 389 g/mol. The number of likely N-dealkylation sites (N-methyl/N-ethyl adjacent to an activating group) is 1. The molecule has 1 aliphatic heterocycles. The van der Waals surface area contributed by atoms with Crippen LogP contribution in [0.4, 0.5) is 11.5 Å². The van der Waals surface area contributed by atoms with E-state index in [9.17, 15) is 14.9 Å². The molecule has 0 unspecified atom stereocenters. The number of nitro benzene ring substituents is 1.